The maximum Gasteiger partial charge on any atom is 0.337 e. The van der Waals surface area contributed by atoms with Gasteiger partial charge in [0, 0.05) is 6.54 Å². The molecule has 9 heteroatoms. The molecule has 0 aromatic heterocycles. The lowest BCUT2D eigenvalue weighted by Crippen LogP contribution is -2.31. The molecule has 1 amide bonds. The quantitative estimate of drug-likeness (QED) is 0.513. The fourth-order valence-corrected chi connectivity index (χ4v) is 2.46. The van der Waals surface area contributed by atoms with Crippen molar-refractivity contribution in [1.29, 1.82) is 0 Å². The highest BCUT2D eigenvalue weighted by Crippen LogP contribution is 2.34. The lowest BCUT2D eigenvalue weighted by atomic mass is 10.2. The smallest absolute Gasteiger partial charge is 0.337 e. The summed E-state index contributed by atoms with van der Waals surface area (Å²) in [6.45, 7) is -0.355. The van der Waals surface area contributed by atoms with Crippen LogP contribution in [0, 0.1) is 5.82 Å². The summed E-state index contributed by atoms with van der Waals surface area (Å²) in [5.74, 6) is -2.58. The SMILES string of the molecule is COC(=O)C1=C(Nc2c(O)ccc(Br)c2F)C(=O)N(CCO)C1. The van der Waals surface area contributed by atoms with Crippen LogP contribution in [0.4, 0.5) is 10.1 Å². The minimum absolute atomic E-state index is 0.00951. The highest BCUT2D eigenvalue weighted by atomic mass is 79.9. The molecule has 0 unspecified atom stereocenters. The van der Waals surface area contributed by atoms with Crippen molar-refractivity contribution in [2.24, 2.45) is 0 Å². The topological polar surface area (TPSA) is 99.1 Å². The zero-order valence-electron chi connectivity index (χ0n) is 12.1. The summed E-state index contributed by atoms with van der Waals surface area (Å²) >= 11 is 2.98. The number of anilines is 1. The van der Waals surface area contributed by atoms with Crippen molar-refractivity contribution >= 4 is 33.5 Å². The zero-order valence-corrected chi connectivity index (χ0v) is 13.7. The summed E-state index contributed by atoms with van der Waals surface area (Å²) < 4.78 is 18.8. The molecule has 1 aliphatic heterocycles. The fourth-order valence-electron chi connectivity index (χ4n) is 2.13. The number of amides is 1. The van der Waals surface area contributed by atoms with E-state index in [4.69, 9.17) is 5.11 Å². The molecule has 2 rings (SSSR count). The van der Waals surface area contributed by atoms with E-state index in [2.05, 4.69) is 26.0 Å². The largest absolute Gasteiger partial charge is 0.506 e. The summed E-state index contributed by atoms with van der Waals surface area (Å²) in [4.78, 5) is 25.3. The van der Waals surface area contributed by atoms with Crippen LogP contribution in [0.15, 0.2) is 27.9 Å². The minimum Gasteiger partial charge on any atom is -0.506 e. The van der Waals surface area contributed by atoms with Crippen molar-refractivity contribution < 1.29 is 28.9 Å². The molecule has 0 aliphatic carbocycles. The summed E-state index contributed by atoms with van der Waals surface area (Å²) in [6.07, 6.45) is 0. The number of hydrogen-bond donors (Lipinski definition) is 3. The zero-order chi connectivity index (χ0) is 17.1. The minimum atomic E-state index is -0.810. The second-order valence-corrected chi connectivity index (χ2v) is 5.53. The van der Waals surface area contributed by atoms with Gasteiger partial charge in [0.15, 0.2) is 5.82 Å². The second kappa shape index (κ2) is 6.97. The van der Waals surface area contributed by atoms with Crippen LogP contribution in [0.25, 0.3) is 0 Å². The molecular formula is C14H14BrFN2O5. The van der Waals surface area contributed by atoms with E-state index in [1.807, 2.05) is 0 Å². The number of nitrogens with one attached hydrogen (secondary N) is 1. The molecule has 0 saturated heterocycles. The lowest BCUT2D eigenvalue weighted by molar-refractivity contribution is -0.136. The van der Waals surface area contributed by atoms with Crippen LogP contribution in [-0.4, -0.2) is 53.8 Å². The number of aromatic hydroxyl groups is 1. The third kappa shape index (κ3) is 3.30. The van der Waals surface area contributed by atoms with Crippen molar-refractivity contribution in [2.75, 3.05) is 32.1 Å². The van der Waals surface area contributed by atoms with Crippen LogP contribution in [0.3, 0.4) is 0 Å². The van der Waals surface area contributed by atoms with Gasteiger partial charge in [-0.25, -0.2) is 9.18 Å². The van der Waals surface area contributed by atoms with E-state index < -0.39 is 23.4 Å². The first-order valence-electron chi connectivity index (χ1n) is 6.56. The number of β-amino-alcohol motifs (C(OH)–C–C–N with tert-alkyl or cyclic N) is 1. The van der Waals surface area contributed by atoms with Crippen molar-refractivity contribution in [2.45, 2.75) is 0 Å². The lowest BCUT2D eigenvalue weighted by Gasteiger charge is -2.15. The van der Waals surface area contributed by atoms with E-state index in [-0.39, 0.29) is 41.1 Å². The molecule has 0 fully saturated rings. The predicted octanol–water partition coefficient (Wildman–Crippen LogP) is 0.967. The molecule has 124 valence electrons. The summed E-state index contributed by atoms with van der Waals surface area (Å²) in [7, 11) is 1.16. The molecule has 0 radical (unpaired) electrons. The number of esters is 1. The number of benzene rings is 1. The van der Waals surface area contributed by atoms with Crippen LogP contribution in [0.2, 0.25) is 0 Å². The van der Waals surface area contributed by atoms with E-state index in [0.29, 0.717) is 0 Å². The highest BCUT2D eigenvalue weighted by Gasteiger charge is 2.35. The van der Waals surface area contributed by atoms with Crippen molar-refractivity contribution in [1.82, 2.24) is 4.90 Å². The van der Waals surface area contributed by atoms with E-state index in [1.54, 1.807) is 0 Å². The maximum atomic E-state index is 14.1. The van der Waals surface area contributed by atoms with Crippen LogP contribution in [0.1, 0.15) is 0 Å². The van der Waals surface area contributed by atoms with E-state index >= 15 is 0 Å². The van der Waals surface area contributed by atoms with E-state index in [1.165, 1.54) is 17.0 Å². The van der Waals surface area contributed by atoms with Gasteiger partial charge in [-0.3, -0.25) is 4.79 Å². The fraction of sp³-hybridized carbons (Fsp3) is 0.286. The number of carbonyl (C=O) groups excluding carboxylic acids is 2. The Labute approximate surface area is 139 Å². The molecule has 1 aromatic carbocycles. The van der Waals surface area contributed by atoms with E-state index in [0.717, 1.165) is 7.11 Å². The van der Waals surface area contributed by atoms with Gasteiger partial charge in [-0.05, 0) is 28.1 Å². The predicted molar refractivity (Wildman–Crippen MR) is 82.1 cm³/mol. The summed E-state index contributed by atoms with van der Waals surface area (Å²) in [5, 5.41) is 21.2. The van der Waals surface area contributed by atoms with Gasteiger partial charge in [0.05, 0.1) is 30.3 Å². The Balaban J connectivity index is 2.43. The molecule has 1 heterocycles. The average Bonchev–Trinajstić information content (AvgIpc) is 2.84. The standard InChI is InChI=1S/C14H14BrFN2O5/c1-23-14(22)7-6-18(4-5-19)13(21)11(7)17-12-9(20)3-2-8(15)10(12)16/h2-3,17,19-20H,4-6H2,1H3. The van der Waals surface area contributed by atoms with Crippen LogP contribution in [0.5, 0.6) is 5.75 Å². The Morgan fingerprint density at radius 3 is 2.83 bits per heavy atom. The number of phenols is 1. The number of aliphatic hydroxyl groups is 1. The van der Waals surface area contributed by atoms with Crippen molar-refractivity contribution in [3.8, 4) is 5.75 Å². The third-order valence-electron chi connectivity index (χ3n) is 3.28. The first kappa shape index (κ1) is 17.2. The van der Waals surface area contributed by atoms with Crippen LogP contribution >= 0.6 is 15.9 Å². The Morgan fingerprint density at radius 1 is 1.52 bits per heavy atom. The molecule has 23 heavy (non-hydrogen) atoms. The number of aliphatic hydroxyl groups excluding tert-OH is 1. The molecule has 0 saturated carbocycles. The number of phenolic OH excluding ortho intramolecular Hbond substituents is 1. The number of carbonyl (C=O) groups is 2. The van der Waals surface area contributed by atoms with E-state index in [9.17, 15) is 19.1 Å². The summed E-state index contributed by atoms with van der Waals surface area (Å²) in [5.41, 5.74) is -0.544. The molecule has 7 nitrogen and oxygen atoms in total. The Bertz CT molecular complexity index is 692. The maximum absolute atomic E-state index is 14.1. The second-order valence-electron chi connectivity index (χ2n) is 4.68. The van der Waals surface area contributed by atoms with Gasteiger partial charge in [0.25, 0.3) is 5.91 Å². The number of methoxy groups -OCH3 is 1. The molecule has 3 N–H and O–H groups in total. The monoisotopic (exact) mass is 388 g/mol. The van der Waals surface area contributed by atoms with Gasteiger partial charge >= 0.3 is 5.97 Å². The van der Waals surface area contributed by atoms with Gasteiger partial charge in [0.2, 0.25) is 0 Å². The molecule has 1 aromatic rings. The first-order valence-corrected chi connectivity index (χ1v) is 7.35. The Hall–Kier alpha value is -2.13. The number of nitrogens with zero attached hydrogens (tertiary/aromatic N) is 1. The molecular weight excluding hydrogens is 375 g/mol. The van der Waals surface area contributed by atoms with Gasteiger partial charge in [-0.2, -0.15) is 0 Å². The Kier molecular flexibility index (Phi) is 5.22. The van der Waals surface area contributed by atoms with Crippen LogP contribution < -0.4 is 5.32 Å². The molecule has 0 spiro atoms. The number of halogens is 2. The van der Waals surface area contributed by atoms with Gasteiger partial charge in [-0.15, -0.1) is 0 Å². The van der Waals surface area contributed by atoms with Crippen molar-refractivity contribution in [3.63, 3.8) is 0 Å². The highest BCUT2D eigenvalue weighted by molar-refractivity contribution is 9.10. The van der Waals surface area contributed by atoms with Gasteiger partial charge in [-0.1, -0.05) is 0 Å². The molecule has 0 atom stereocenters. The van der Waals surface area contributed by atoms with Crippen LogP contribution in [-0.2, 0) is 14.3 Å². The molecule has 1 aliphatic rings. The number of hydrogen-bond acceptors (Lipinski definition) is 6. The van der Waals surface area contributed by atoms with Crippen molar-refractivity contribution in [3.05, 3.63) is 33.7 Å². The Morgan fingerprint density at radius 2 is 2.22 bits per heavy atom. The number of ether oxygens (including phenoxy) is 1. The third-order valence-corrected chi connectivity index (χ3v) is 3.89. The summed E-state index contributed by atoms with van der Waals surface area (Å²) in [6, 6.07) is 2.54. The van der Waals surface area contributed by atoms with Gasteiger partial charge < -0.3 is 25.2 Å². The van der Waals surface area contributed by atoms with Gasteiger partial charge in [0.1, 0.15) is 17.1 Å². The average molecular weight is 389 g/mol. The number of rotatable bonds is 5. The molecule has 0 bridgehead atoms. The first-order chi connectivity index (χ1) is 10.9. The normalized spacial score (nSPS) is 14.4.